The summed E-state index contributed by atoms with van der Waals surface area (Å²) in [7, 11) is 0. The molecule has 0 aromatic rings. The Kier molecular flexibility index (Phi) is 8.31. The number of fused-ring (bicyclic) bond motifs is 2. The summed E-state index contributed by atoms with van der Waals surface area (Å²) in [5.74, 6) is 4.36. The van der Waals surface area contributed by atoms with Gasteiger partial charge in [-0.05, 0) is 11.8 Å². The third kappa shape index (κ3) is 4.05. The van der Waals surface area contributed by atoms with Gasteiger partial charge in [0.2, 0.25) is 0 Å². The third-order valence-corrected chi connectivity index (χ3v) is 6.47. The molecule has 0 aliphatic heterocycles. The second-order valence-electron chi connectivity index (χ2n) is 7.91. The summed E-state index contributed by atoms with van der Waals surface area (Å²) in [6.45, 7) is 5.01. The van der Waals surface area contributed by atoms with E-state index in [2.05, 4.69) is 75.3 Å². The average Bonchev–Trinajstić information content (AvgIpc) is 3.11. The van der Waals surface area contributed by atoms with Crippen LogP contribution in [-0.4, -0.2) is 0 Å². The van der Waals surface area contributed by atoms with Crippen molar-refractivity contribution in [1.82, 2.24) is 0 Å². The minimum Gasteiger partial charge on any atom is -1.00 e. The van der Waals surface area contributed by atoms with E-state index in [1.54, 1.807) is 0 Å². The molecule has 0 radical (unpaired) electrons. The summed E-state index contributed by atoms with van der Waals surface area (Å²) in [6, 6.07) is 0. The first-order chi connectivity index (χ1) is 10.1. The Balaban J connectivity index is 0.000000960. The van der Waals surface area contributed by atoms with Crippen molar-refractivity contribution in [3.63, 3.8) is 0 Å². The minimum absolute atomic E-state index is 0. The molecule has 6 atom stereocenters. The van der Waals surface area contributed by atoms with Gasteiger partial charge in [-0.2, -0.15) is 11.8 Å². The van der Waals surface area contributed by atoms with Crippen molar-refractivity contribution < 1.29 is 51.0 Å². The van der Waals surface area contributed by atoms with Gasteiger partial charge >= 0.3 is 26.2 Å². The number of hydrogen-bond acceptors (Lipinski definition) is 0. The quantitative estimate of drug-likeness (QED) is 0.493. The monoisotopic (exact) mass is 438 g/mol. The van der Waals surface area contributed by atoms with Crippen LogP contribution in [0.5, 0.6) is 0 Å². The predicted molar refractivity (Wildman–Crippen MR) is 89.1 cm³/mol. The van der Waals surface area contributed by atoms with Crippen LogP contribution < -0.4 is 24.8 Å². The smallest absolute Gasteiger partial charge is 1.00 e. The Labute approximate surface area is 179 Å². The number of allylic oxidation sites excluding steroid dienone is 8. The Hall–Kier alpha value is 0.423. The van der Waals surface area contributed by atoms with Crippen LogP contribution in [0.25, 0.3) is 0 Å². The molecule has 2 saturated carbocycles. The fourth-order valence-electron chi connectivity index (χ4n) is 4.88. The molecule has 4 rings (SSSR count). The summed E-state index contributed by atoms with van der Waals surface area (Å²) >= 11 is 0. The van der Waals surface area contributed by atoms with Gasteiger partial charge in [-0.1, -0.05) is 68.6 Å². The summed E-state index contributed by atoms with van der Waals surface area (Å²) in [5.41, 5.74) is 0.387. The second-order valence-corrected chi connectivity index (χ2v) is 7.91. The van der Waals surface area contributed by atoms with E-state index in [9.17, 15) is 0 Å². The molecule has 2 fully saturated rings. The molecule has 24 heavy (non-hydrogen) atoms. The zero-order valence-electron chi connectivity index (χ0n) is 14.4. The zero-order chi connectivity index (χ0) is 14.4. The summed E-state index contributed by atoms with van der Waals surface area (Å²) in [6.07, 6.45) is 26.5. The maximum absolute atomic E-state index is 2.64. The molecule has 0 aromatic carbocycles. The molecular formula is C21H26Cl2Zr. The normalized spacial score (nSPS) is 38.6. The van der Waals surface area contributed by atoms with Crippen LogP contribution in [0.4, 0.5) is 0 Å². The van der Waals surface area contributed by atoms with Gasteiger partial charge < -0.3 is 37.7 Å². The first kappa shape index (κ1) is 22.5. The van der Waals surface area contributed by atoms with Gasteiger partial charge in [-0.25, -0.2) is 0 Å². The van der Waals surface area contributed by atoms with E-state index in [0.717, 1.165) is 23.7 Å². The Morgan fingerprint density at radius 3 is 1.46 bits per heavy atom. The molecule has 4 aliphatic rings. The van der Waals surface area contributed by atoms with Crippen molar-refractivity contribution in [2.24, 2.45) is 40.9 Å². The third-order valence-electron chi connectivity index (χ3n) is 6.47. The van der Waals surface area contributed by atoms with E-state index in [1.807, 2.05) is 0 Å². The van der Waals surface area contributed by atoms with Gasteiger partial charge in [0.05, 0.1) is 0 Å². The number of hydrogen-bond donors (Lipinski definition) is 0. The molecule has 6 unspecified atom stereocenters. The van der Waals surface area contributed by atoms with Gasteiger partial charge in [0.15, 0.2) is 0 Å². The predicted octanol–water partition coefficient (Wildman–Crippen LogP) is -0.817. The molecular weight excluding hydrogens is 414 g/mol. The molecule has 4 aliphatic carbocycles. The SMILES string of the molecule is CC(C)(C1[CH-]C2C=CC=CC2C1)C1[CH-]C2C=CC=CC2C1.[Cl-].[Cl-].[Zr+4]. The molecule has 0 amide bonds. The second kappa shape index (κ2) is 8.88. The molecule has 0 bridgehead atoms. The van der Waals surface area contributed by atoms with Gasteiger partial charge in [0.25, 0.3) is 0 Å². The molecule has 0 aromatic heterocycles. The molecule has 0 nitrogen and oxygen atoms in total. The number of rotatable bonds is 2. The summed E-state index contributed by atoms with van der Waals surface area (Å²) in [5, 5.41) is 0. The molecule has 0 N–H and O–H groups in total. The topological polar surface area (TPSA) is 0 Å². The Bertz CT molecular complexity index is 446. The summed E-state index contributed by atoms with van der Waals surface area (Å²) < 4.78 is 0. The minimum atomic E-state index is 0. The van der Waals surface area contributed by atoms with Crippen LogP contribution in [0.2, 0.25) is 0 Å². The largest absolute Gasteiger partial charge is 4.00 e. The van der Waals surface area contributed by atoms with Crippen molar-refractivity contribution in [3.8, 4) is 0 Å². The van der Waals surface area contributed by atoms with E-state index >= 15 is 0 Å². The fraction of sp³-hybridized carbons (Fsp3) is 0.524. The standard InChI is InChI=1S/C21H26.2ClH.Zr/c1-21(2,19-11-15-7-3-4-8-16(15)12-19)20-13-17-9-5-6-10-18(17)14-20;;;/h3-11,13,15-20H,12,14H2,1-2H3;2*1H;/q-2;;;+4/p-2. The van der Waals surface area contributed by atoms with E-state index < -0.39 is 0 Å². The molecule has 3 heteroatoms. The van der Waals surface area contributed by atoms with Crippen molar-refractivity contribution >= 4 is 0 Å². The van der Waals surface area contributed by atoms with E-state index in [-0.39, 0.29) is 51.0 Å². The first-order valence-electron chi connectivity index (χ1n) is 8.54. The van der Waals surface area contributed by atoms with Crippen LogP contribution in [0.1, 0.15) is 26.7 Å². The average molecular weight is 441 g/mol. The Morgan fingerprint density at radius 2 is 1.08 bits per heavy atom. The molecule has 128 valence electrons. The van der Waals surface area contributed by atoms with Gasteiger partial charge in [0.1, 0.15) is 0 Å². The van der Waals surface area contributed by atoms with Gasteiger partial charge in [-0.3, -0.25) is 0 Å². The van der Waals surface area contributed by atoms with Crippen LogP contribution in [0.3, 0.4) is 0 Å². The maximum Gasteiger partial charge on any atom is 4.00 e. The number of halogens is 2. The van der Waals surface area contributed by atoms with Gasteiger partial charge in [-0.15, -0.1) is 24.0 Å². The molecule has 0 spiro atoms. The first-order valence-corrected chi connectivity index (χ1v) is 8.54. The van der Waals surface area contributed by atoms with Crippen LogP contribution >= 0.6 is 0 Å². The maximum atomic E-state index is 2.64. The molecule has 0 saturated heterocycles. The van der Waals surface area contributed by atoms with Crippen LogP contribution in [0.15, 0.2) is 48.6 Å². The van der Waals surface area contributed by atoms with Crippen molar-refractivity contribution in [2.75, 3.05) is 0 Å². The fourth-order valence-corrected chi connectivity index (χ4v) is 4.88. The van der Waals surface area contributed by atoms with Crippen LogP contribution in [-0.2, 0) is 26.2 Å². The van der Waals surface area contributed by atoms with Crippen molar-refractivity contribution in [2.45, 2.75) is 26.7 Å². The van der Waals surface area contributed by atoms with E-state index in [4.69, 9.17) is 0 Å². The molecule has 0 heterocycles. The van der Waals surface area contributed by atoms with Crippen LogP contribution in [0, 0.1) is 53.8 Å². The Morgan fingerprint density at radius 1 is 0.708 bits per heavy atom. The van der Waals surface area contributed by atoms with E-state index in [1.165, 1.54) is 12.8 Å². The van der Waals surface area contributed by atoms with Gasteiger partial charge in [0, 0.05) is 0 Å². The summed E-state index contributed by atoms with van der Waals surface area (Å²) in [4.78, 5) is 0. The zero-order valence-corrected chi connectivity index (χ0v) is 18.4. The van der Waals surface area contributed by atoms with Crippen molar-refractivity contribution in [3.05, 3.63) is 61.4 Å². The van der Waals surface area contributed by atoms with E-state index in [0.29, 0.717) is 17.3 Å². The van der Waals surface area contributed by atoms with Crippen molar-refractivity contribution in [1.29, 1.82) is 0 Å².